The molecular weight excluding hydrogens is 220 g/mol. The van der Waals surface area contributed by atoms with Crippen molar-refractivity contribution in [1.82, 2.24) is 4.98 Å². The predicted molar refractivity (Wildman–Crippen MR) is 75.0 cm³/mol. The van der Waals surface area contributed by atoms with E-state index in [1.807, 2.05) is 6.92 Å². The van der Waals surface area contributed by atoms with Crippen LogP contribution in [0.25, 0.3) is 0 Å². The van der Waals surface area contributed by atoms with Crippen LogP contribution in [0.2, 0.25) is 0 Å². The second kappa shape index (κ2) is 4.45. The van der Waals surface area contributed by atoms with E-state index in [2.05, 4.69) is 53.6 Å². The van der Waals surface area contributed by atoms with E-state index in [1.165, 1.54) is 16.8 Å². The Bertz CT molecular complexity index is 550. The molecule has 0 unspecified atom stereocenters. The molecule has 2 heteroatoms. The Morgan fingerprint density at radius 3 is 2.28 bits per heavy atom. The van der Waals surface area contributed by atoms with E-state index in [1.54, 1.807) is 0 Å². The lowest BCUT2D eigenvalue weighted by Crippen LogP contribution is -2.20. The van der Waals surface area contributed by atoms with Crippen molar-refractivity contribution in [3.63, 3.8) is 0 Å². The molecule has 0 saturated carbocycles. The smallest absolute Gasteiger partial charge is 0.0606 e. The molecule has 0 aliphatic heterocycles. The van der Waals surface area contributed by atoms with E-state index in [-0.39, 0.29) is 0 Å². The first kappa shape index (κ1) is 11.3. The molecule has 1 aromatic heterocycles. The minimum Gasteiger partial charge on any atom is -0.380 e. The van der Waals surface area contributed by atoms with Crippen LogP contribution in [0.15, 0.2) is 36.4 Å². The fourth-order valence-electron chi connectivity index (χ4n) is 2.72. The molecule has 0 fully saturated rings. The Labute approximate surface area is 108 Å². The summed E-state index contributed by atoms with van der Waals surface area (Å²) in [5.74, 6) is 0. The molecule has 18 heavy (non-hydrogen) atoms. The highest BCUT2D eigenvalue weighted by atomic mass is 14.9. The Balaban J connectivity index is 1.76. The molecular formula is C16H18N2. The Morgan fingerprint density at radius 1 is 1.00 bits per heavy atom. The summed E-state index contributed by atoms with van der Waals surface area (Å²) in [7, 11) is 0. The topological polar surface area (TPSA) is 24.9 Å². The van der Waals surface area contributed by atoms with Gasteiger partial charge in [-0.1, -0.05) is 24.3 Å². The van der Waals surface area contributed by atoms with Crippen molar-refractivity contribution in [3.05, 3.63) is 58.9 Å². The summed E-state index contributed by atoms with van der Waals surface area (Å²) in [6, 6.07) is 13.4. The summed E-state index contributed by atoms with van der Waals surface area (Å²) >= 11 is 0. The molecule has 0 spiro atoms. The zero-order chi connectivity index (χ0) is 12.5. The SMILES string of the molecule is Cc1ccc(NC2Cc3ccccc3C2)c(C)n1. The van der Waals surface area contributed by atoms with Gasteiger partial charge in [0.05, 0.1) is 11.4 Å². The first-order valence-electron chi connectivity index (χ1n) is 6.50. The van der Waals surface area contributed by atoms with Crippen LogP contribution in [-0.2, 0) is 12.8 Å². The van der Waals surface area contributed by atoms with Crippen molar-refractivity contribution < 1.29 is 0 Å². The average molecular weight is 238 g/mol. The van der Waals surface area contributed by atoms with Gasteiger partial charge in [-0.05, 0) is 49.9 Å². The fraction of sp³-hybridized carbons (Fsp3) is 0.312. The van der Waals surface area contributed by atoms with Crippen LogP contribution < -0.4 is 5.32 Å². The zero-order valence-corrected chi connectivity index (χ0v) is 10.9. The summed E-state index contributed by atoms with van der Waals surface area (Å²) in [4.78, 5) is 4.50. The molecule has 0 amide bonds. The minimum atomic E-state index is 0.505. The van der Waals surface area contributed by atoms with Gasteiger partial charge >= 0.3 is 0 Å². The molecule has 2 aromatic rings. The molecule has 0 radical (unpaired) electrons. The van der Waals surface area contributed by atoms with Gasteiger partial charge in [-0.15, -0.1) is 0 Å². The van der Waals surface area contributed by atoms with Crippen molar-refractivity contribution in [2.24, 2.45) is 0 Å². The summed E-state index contributed by atoms with van der Waals surface area (Å²) in [6.07, 6.45) is 2.23. The maximum Gasteiger partial charge on any atom is 0.0606 e. The van der Waals surface area contributed by atoms with E-state index in [0.717, 1.165) is 24.2 Å². The zero-order valence-electron chi connectivity index (χ0n) is 10.9. The monoisotopic (exact) mass is 238 g/mol. The van der Waals surface area contributed by atoms with Gasteiger partial charge in [-0.3, -0.25) is 4.98 Å². The number of pyridine rings is 1. The van der Waals surface area contributed by atoms with Gasteiger partial charge in [0.1, 0.15) is 0 Å². The van der Waals surface area contributed by atoms with Crippen LogP contribution in [0.4, 0.5) is 5.69 Å². The second-order valence-electron chi connectivity index (χ2n) is 5.10. The molecule has 1 heterocycles. The van der Waals surface area contributed by atoms with E-state index < -0.39 is 0 Å². The lowest BCUT2D eigenvalue weighted by atomic mass is 10.1. The standard InChI is InChI=1S/C16H18N2/c1-11-7-8-16(12(2)17-11)18-15-9-13-5-3-4-6-14(13)10-15/h3-8,15,18H,9-10H2,1-2H3. The summed E-state index contributed by atoms with van der Waals surface area (Å²) < 4.78 is 0. The van der Waals surface area contributed by atoms with Crippen molar-refractivity contribution in [2.75, 3.05) is 5.32 Å². The highest BCUT2D eigenvalue weighted by Gasteiger charge is 2.20. The van der Waals surface area contributed by atoms with Crippen molar-refractivity contribution in [2.45, 2.75) is 32.7 Å². The normalized spacial score (nSPS) is 14.6. The van der Waals surface area contributed by atoms with E-state index in [9.17, 15) is 0 Å². The van der Waals surface area contributed by atoms with Gasteiger partial charge in [0, 0.05) is 11.7 Å². The van der Waals surface area contributed by atoms with Gasteiger partial charge in [0.25, 0.3) is 0 Å². The molecule has 0 atom stereocenters. The number of fused-ring (bicyclic) bond motifs is 1. The number of hydrogen-bond acceptors (Lipinski definition) is 2. The lowest BCUT2D eigenvalue weighted by molar-refractivity contribution is 0.771. The molecule has 2 nitrogen and oxygen atoms in total. The Hall–Kier alpha value is -1.83. The first-order chi connectivity index (χ1) is 8.72. The van der Waals surface area contributed by atoms with Crippen molar-refractivity contribution >= 4 is 5.69 Å². The molecule has 1 aromatic carbocycles. The second-order valence-corrected chi connectivity index (χ2v) is 5.10. The van der Waals surface area contributed by atoms with Gasteiger partial charge in [0.2, 0.25) is 0 Å². The fourth-order valence-corrected chi connectivity index (χ4v) is 2.72. The third-order valence-electron chi connectivity index (χ3n) is 3.64. The molecule has 0 bridgehead atoms. The van der Waals surface area contributed by atoms with Gasteiger partial charge in [-0.2, -0.15) is 0 Å². The van der Waals surface area contributed by atoms with Crippen LogP contribution >= 0.6 is 0 Å². The maximum atomic E-state index is 4.50. The summed E-state index contributed by atoms with van der Waals surface area (Å²) in [5, 5.41) is 3.62. The Morgan fingerprint density at radius 2 is 1.67 bits per heavy atom. The van der Waals surface area contributed by atoms with Crippen LogP contribution in [0, 0.1) is 13.8 Å². The van der Waals surface area contributed by atoms with E-state index in [0.29, 0.717) is 6.04 Å². The highest BCUT2D eigenvalue weighted by Crippen LogP contribution is 2.25. The van der Waals surface area contributed by atoms with Gasteiger partial charge < -0.3 is 5.32 Å². The summed E-state index contributed by atoms with van der Waals surface area (Å²) in [5.41, 5.74) is 6.29. The lowest BCUT2D eigenvalue weighted by Gasteiger charge is -2.15. The van der Waals surface area contributed by atoms with Crippen LogP contribution in [0.1, 0.15) is 22.5 Å². The number of hydrogen-bond donors (Lipinski definition) is 1. The number of aryl methyl sites for hydroxylation is 2. The third kappa shape index (κ3) is 2.10. The highest BCUT2D eigenvalue weighted by molar-refractivity contribution is 5.50. The van der Waals surface area contributed by atoms with E-state index >= 15 is 0 Å². The first-order valence-corrected chi connectivity index (χ1v) is 6.50. The van der Waals surface area contributed by atoms with Crippen molar-refractivity contribution in [1.29, 1.82) is 0 Å². The Kier molecular flexibility index (Phi) is 2.78. The molecule has 3 rings (SSSR count). The molecule has 92 valence electrons. The van der Waals surface area contributed by atoms with Crippen LogP contribution in [-0.4, -0.2) is 11.0 Å². The number of nitrogens with zero attached hydrogens (tertiary/aromatic N) is 1. The van der Waals surface area contributed by atoms with E-state index in [4.69, 9.17) is 0 Å². The van der Waals surface area contributed by atoms with Crippen LogP contribution in [0.3, 0.4) is 0 Å². The molecule has 1 aliphatic carbocycles. The van der Waals surface area contributed by atoms with Gasteiger partial charge in [-0.25, -0.2) is 0 Å². The number of benzene rings is 1. The largest absolute Gasteiger partial charge is 0.380 e. The quantitative estimate of drug-likeness (QED) is 0.868. The number of nitrogens with one attached hydrogen (secondary N) is 1. The average Bonchev–Trinajstić information content (AvgIpc) is 2.75. The third-order valence-corrected chi connectivity index (χ3v) is 3.64. The maximum absolute atomic E-state index is 4.50. The predicted octanol–water partition coefficient (Wildman–Crippen LogP) is 3.28. The molecule has 0 saturated heterocycles. The number of rotatable bonds is 2. The molecule has 1 aliphatic rings. The summed E-state index contributed by atoms with van der Waals surface area (Å²) in [6.45, 7) is 4.10. The number of aromatic nitrogens is 1. The molecule has 1 N–H and O–H groups in total. The van der Waals surface area contributed by atoms with Crippen molar-refractivity contribution in [3.8, 4) is 0 Å². The minimum absolute atomic E-state index is 0.505. The number of anilines is 1. The van der Waals surface area contributed by atoms with Gasteiger partial charge in [0.15, 0.2) is 0 Å². The van der Waals surface area contributed by atoms with Crippen LogP contribution in [0.5, 0.6) is 0 Å².